The van der Waals surface area contributed by atoms with E-state index < -0.39 is 17.7 Å². The Kier molecular flexibility index (Phi) is 6.99. The molecular formula is C26H29F3N6O3. The topological polar surface area (TPSA) is 85.5 Å². The van der Waals surface area contributed by atoms with Gasteiger partial charge < -0.3 is 9.64 Å². The Morgan fingerprint density at radius 1 is 1.08 bits per heavy atom. The van der Waals surface area contributed by atoms with Crippen molar-refractivity contribution in [1.82, 2.24) is 29.4 Å². The molecule has 0 unspecified atom stereocenters. The molecule has 202 valence electrons. The molecule has 0 atom stereocenters. The van der Waals surface area contributed by atoms with Gasteiger partial charge in [0.1, 0.15) is 0 Å². The summed E-state index contributed by atoms with van der Waals surface area (Å²) in [6.45, 7) is 4.06. The van der Waals surface area contributed by atoms with Gasteiger partial charge in [-0.25, -0.2) is 14.3 Å². The lowest BCUT2D eigenvalue weighted by atomic mass is 9.84. The summed E-state index contributed by atoms with van der Waals surface area (Å²) in [5, 5.41) is 8.16. The number of piperidine rings is 1. The molecule has 1 aromatic carbocycles. The highest BCUT2D eigenvalue weighted by molar-refractivity contribution is 5.88. The SMILES string of the molecule is CCOC(=O)c1ccn(C(=O)N2CCC3(CCCN3Cc3cc(-n4cccn4)cc(C(F)(F)F)c3)CC2)n1. The van der Waals surface area contributed by atoms with E-state index in [4.69, 9.17) is 4.74 Å². The van der Waals surface area contributed by atoms with Crippen molar-refractivity contribution in [3.63, 3.8) is 0 Å². The van der Waals surface area contributed by atoms with Crippen LogP contribution < -0.4 is 0 Å². The Labute approximate surface area is 217 Å². The summed E-state index contributed by atoms with van der Waals surface area (Å²) in [4.78, 5) is 28.8. The summed E-state index contributed by atoms with van der Waals surface area (Å²) in [7, 11) is 0. The van der Waals surface area contributed by atoms with Gasteiger partial charge in [0.05, 0.1) is 17.9 Å². The van der Waals surface area contributed by atoms with Crippen LogP contribution in [0.15, 0.2) is 48.9 Å². The lowest BCUT2D eigenvalue weighted by Crippen LogP contribution is -2.53. The van der Waals surface area contributed by atoms with E-state index in [2.05, 4.69) is 15.1 Å². The zero-order chi connectivity index (χ0) is 26.9. The van der Waals surface area contributed by atoms with Crippen LogP contribution in [0.4, 0.5) is 18.0 Å². The zero-order valence-electron chi connectivity index (χ0n) is 21.0. The minimum Gasteiger partial charge on any atom is -0.461 e. The number of ether oxygens (including phenoxy) is 1. The Bertz CT molecular complexity index is 1300. The van der Waals surface area contributed by atoms with Crippen molar-refractivity contribution in [2.24, 2.45) is 0 Å². The summed E-state index contributed by atoms with van der Waals surface area (Å²) in [5.74, 6) is -0.580. The molecule has 2 fully saturated rings. The van der Waals surface area contributed by atoms with Gasteiger partial charge in [-0.05, 0) is 75.0 Å². The number of amides is 1. The predicted octanol–water partition coefficient (Wildman–Crippen LogP) is 4.36. The van der Waals surface area contributed by atoms with Crippen molar-refractivity contribution in [3.8, 4) is 5.69 Å². The van der Waals surface area contributed by atoms with E-state index in [1.165, 1.54) is 29.2 Å². The third kappa shape index (κ3) is 5.17. The van der Waals surface area contributed by atoms with Crippen LogP contribution in [0.5, 0.6) is 0 Å². The molecule has 12 heteroatoms. The molecule has 2 aromatic heterocycles. The summed E-state index contributed by atoms with van der Waals surface area (Å²) >= 11 is 0. The predicted molar refractivity (Wildman–Crippen MR) is 131 cm³/mol. The highest BCUT2D eigenvalue weighted by Gasteiger charge is 2.44. The normalized spacial score (nSPS) is 17.7. The number of aromatic nitrogens is 4. The fourth-order valence-electron chi connectivity index (χ4n) is 5.51. The van der Waals surface area contributed by atoms with E-state index in [-0.39, 0.29) is 23.9 Å². The van der Waals surface area contributed by atoms with Crippen LogP contribution in [0.3, 0.4) is 0 Å². The third-order valence-electron chi connectivity index (χ3n) is 7.42. The van der Waals surface area contributed by atoms with Crippen LogP contribution >= 0.6 is 0 Å². The second kappa shape index (κ2) is 10.2. The van der Waals surface area contributed by atoms with E-state index >= 15 is 0 Å². The smallest absolute Gasteiger partial charge is 0.416 e. The minimum atomic E-state index is -4.47. The zero-order valence-corrected chi connectivity index (χ0v) is 21.0. The Hall–Kier alpha value is -3.67. The molecule has 1 amide bonds. The van der Waals surface area contributed by atoms with E-state index in [0.717, 1.165) is 30.1 Å². The summed E-state index contributed by atoms with van der Waals surface area (Å²) in [6.07, 6.45) is 3.42. The monoisotopic (exact) mass is 530 g/mol. The third-order valence-corrected chi connectivity index (χ3v) is 7.42. The molecule has 0 aliphatic carbocycles. The van der Waals surface area contributed by atoms with Gasteiger partial charge in [0.15, 0.2) is 5.69 Å². The maximum Gasteiger partial charge on any atom is 0.416 e. The van der Waals surface area contributed by atoms with Crippen LogP contribution in [-0.4, -0.2) is 73.1 Å². The molecule has 38 heavy (non-hydrogen) atoms. The first-order chi connectivity index (χ1) is 18.2. The van der Waals surface area contributed by atoms with Gasteiger partial charge in [-0.15, -0.1) is 0 Å². The van der Waals surface area contributed by atoms with Crippen molar-refractivity contribution < 1.29 is 27.5 Å². The van der Waals surface area contributed by atoms with Crippen LogP contribution in [0, 0.1) is 0 Å². The minimum absolute atomic E-state index is 0.0752. The molecule has 9 nitrogen and oxygen atoms in total. The number of hydrogen-bond donors (Lipinski definition) is 0. The van der Waals surface area contributed by atoms with Gasteiger partial charge in [0.25, 0.3) is 0 Å². The molecule has 2 aliphatic rings. The van der Waals surface area contributed by atoms with Crippen LogP contribution in [0.2, 0.25) is 0 Å². The Morgan fingerprint density at radius 2 is 1.87 bits per heavy atom. The summed E-state index contributed by atoms with van der Waals surface area (Å²) in [5.41, 5.74) is 0.140. The van der Waals surface area contributed by atoms with E-state index in [1.807, 2.05) is 0 Å². The average Bonchev–Trinajstić information content (AvgIpc) is 3.66. The van der Waals surface area contributed by atoms with Crippen LogP contribution in [0.1, 0.15) is 54.2 Å². The highest BCUT2D eigenvalue weighted by atomic mass is 19.4. The molecular weight excluding hydrogens is 501 g/mol. The first kappa shape index (κ1) is 26.0. The Balaban J connectivity index is 1.29. The molecule has 4 heterocycles. The number of halogens is 3. The first-order valence-corrected chi connectivity index (χ1v) is 12.7. The van der Waals surface area contributed by atoms with Gasteiger partial charge >= 0.3 is 18.2 Å². The number of esters is 1. The average molecular weight is 531 g/mol. The molecule has 3 aromatic rings. The van der Waals surface area contributed by atoms with Crippen LogP contribution in [-0.2, 0) is 17.5 Å². The van der Waals surface area contributed by atoms with E-state index in [0.29, 0.717) is 43.7 Å². The lowest BCUT2D eigenvalue weighted by Gasteiger charge is -2.45. The number of rotatable bonds is 5. The quantitative estimate of drug-likeness (QED) is 0.456. The second-order valence-electron chi connectivity index (χ2n) is 9.72. The number of alkyl halides is 3. The standard InChI is InChI=1S/C26H29F3N6O3/c1-2-38-23(36)22-5-12-35(31-22)24(37)32-13-7-25(8-14-32)6-3-10-33(25)18-19-15-20(26(27,28)29)17-21(16-19)34-11-4-9-30-34/h4-5,9,11-12,15-17H,2-3,6-8,10,13-14,18H2,1H3. The number of hydrogen-bond acceptors (Lipinski definition) is 6. The molecule has 2 aliphatic heterocycles. The maximum absolute atomic E-state index is 13.7. The Morgan fingerprint density at radius 3 is 2.55 bits per heavy atom. The van der Waals surface area contributed by atoms with Crippen LogP contribution in [0.25, 0.3) is 5.69 Å². The fraction of sp³-hybridized carbons (Fsp3) is 0.462. The second-order valence-corrected chi connectivity index (χ2v) is 9.72. The molecule has 0 N–H and O–H groups in total. The highest BCUT2D eigenvalue weighted by Crippen LogP contribution is 2.40. The number of carbonyl (C=O) groups is 2. The lowest BCUT2D eigenvalue weighted by molar-refractivity contribution is -0.137. The van der Waals surface area contributed by atoms with Crippen molar-refractivity contribution in [2.75, 3.05) is 26.2 Å². The number of benzene rings is 1. The van der Waals surface area contributed by atoms with E-state index in [9.17, 15) is 22.8 Å². The molecule has 2 saturated heterocycles. The van der Waals surface area contributed by atoms with Crippen molar-refractivity contribution in [2.45, 2.75) is 50.9 Å². The number of likely N-dealkylation sites (tertiary alicyclic amines) is 2. The van der Waals surface area contributed by atoms with Gasteiger partial charge in [0, 0.05) is 43.8 Å². The molecule has 0 bridgehead atoms. The fourth-order valence-corrected chi connectivity index (χ4v) is 5.51. The van der Waals surface area contributed by atoms with Crippen molar-refractivity contribution in [3.05, 3.63) is 65.7 Å². The molecule has 1 spiro atoms. The van der Waals surface area contributed by atoms with Crippen molar-refractivity contribution >= 4 is 12.0 Å². The molecule has 5 rings (SSSR count). The largest absolute Gasteiger partial charge is 0.461 e. The molecule has 0 radical (unpaired) electrons. The summed E-state index contributed by atoms with van der Waals surface area (Å²) < 4.78 is 48.6. The van der Waals surface area contributed by atoms with Gasteiger partial charge in [-0.2, -0.15) is 28.1 Å². The van der Waals surface area contributed by atoms with Gasteiger partial charge in [-0.3, -0.25) is 4.90 Å². The van der Waals surface area contributed by atoms with E-state index in [1.54, 1.807) is 30.2 Å². The van der Waals surface area contributed by atoms with Crippen molar-refractivity contribution in [1.29, 1.82) is 0 Å². The first-order valence-electron chi connectivity index (χ1n) is 12.7. The summed E-state index contributed by atoms with van der Waals surface area (Å²) in [6, 6.07) is 6.89. The van der Waals surface area contributed by atoms with Gasteiger partial charge in [-0.1, -0.05) is 0 Å². The van der Waals surface area contributed by atoms with Gasteiger partial charge in [0.2, 0.25) is 0 Å². The maximum atomic E-state index is 13.7. The molecule has 0 saturated carbocycles. The number of carbonyl (C=O) groups excluding carboxylic acids is 2. The number of nitrogens with zero attached hydrogens (tertiary/aromatic N) is 6.